The second kappa shape index (κ2) is 4.94. The number of hydrogen-bond acceptors (Lipinski definition) is 1. The van der Waals surface area contributed by atoms with Gasteiger partial charge in [0.1, 0.15) is 5.78 Å². The lowest BCUT2D eigenvalue weighted by atomic mass is 10.0. The topological polar surface area (TPSA) is 17.1 Å². The van der Waals surface area contributed by atoms with Gasteiger partial charge in [-0.15, -0.1) is 0 Å². The maximum absolute atomic E-state index is 11.5. The van der Waals surface area contributed by atoms with E-state index in [1.165, 1.54) is 5.56 Å². The highest BCUT2D eigenvalue weighted by Gasteiger charge is 2.05. The fourth-order valence-corrected chi connectivity index (χ4v) is 1.58. The maximum Gasteiger partial charge on any atom is 0.137 e. The molecule has 0 N–H and O–H groups in total. The summed E-state index contributed by atoms with van der Waals surface area (Å²) >= 11 is 0. The van der Waals surface area contributed by atoms with Crippen molar-refractivity contribution >= 4 is 5.78 Å². The van der Waals surface area contributed by atoms with E-state index in [-0.39, 0.29) is 0 Å². The molecule has 1 rings (SSSR count). The molecule has 0 amide bonds. The van der Waals surface area contributed by atoms with Gasteiger partial charge in [-0.2, -0.15) is 0 Å². The minimum atomic E-state index is 0.339. The first-order valence-electron chi connectivity index (χ1n) is 5.15. The number of ketones is 1. The van der Waals surface area contributed by atoms with Crippen LogP contribution in [0.2, 0.25) is 0 Å². The molecule has 1 heteroatoms. The van der Waals surface area contributed by atoms with Crippen LogP contribution >= 0.6 is 0 Å². The van der Waals surface area contributed by atoms with Crippen LogP contribution in [0.1, 0.15) is 31.4 Å². The van der Waals surface area contributed by atoms with Gasteiger partial charge >= 0.3 is 0 Å². The van der Waals surface area contributed by atoms with E-state index in [1.54, 1.807) is 0 Å². The first-order chi connectivity index (χ1) is 6.58. The molecule has 0 aliphatic carbocycles. The monoisotopic (exact) mass is 190 g/mol. The van der Waals surface area contributed by atoms with Crippen LogP contribution in [0, 0.1) is 12.8 Å². The average Bonchev–Trinajstić information content (AvgIpc) is 2.01. The number of carbonyl (C=O) groups is 1. The highest BCUT2D eigenvalue weighted by Crippen LogP contribution is 2.08. The van der Waals surface area contributed by atoms with E-state index in [0.717, 1.165) is 5.56 Å². The molecule has 0 fully saturated rings. The van der Waals surface area contributed by atoms with Crippen molar-refractivity contribution in [1.82, 2.24) is 0 Å². The van der Waals surface area contributed by atoms with E-state index < -0.39 is 0 Å². The number of rotatable bonds is 4. The summed E-state index contributed by atoms with van der Waals surface area (Å²) in [4.78, 5) is 11.5. The van der Waals surface area contributed by atoms with Crippen LogP contribution in [-0.4, -0.2) is 5.78 Å². The van der Waals surface area contributed by atoms with Gasteiger partial charge in [-0.1, -0.05) is 43.7 Å². The lowest BCUT2D eigenvalue weighted by Crippen LogP contribution is -2.06. The van der Waals surface area contributed by atoms with Crippen molar-refractivity contribution in [2.24, 2.45) is 5.92 Å². The molecule has 0 aromatic heterocycles. The van der Waals surface area contributed by atoms with Crippen LogP contribution in [-0.2, 0) is 11.2 Å². The number of Topliss-reactive ketones (excluding diaryl/α,β-unsaturated/α-hetero) is 1. The van der Waals surface area contributed by atoms with Crippen molar-refractivity contribution in [2.45, 2.75) is 33.6 Å². The van der Waals surface area contributed by atoms with Crippen LogP contribution in [0.5, 0.6) is 0 Å². The van der Waals surface area contributed by atoms with Crippen LogP contribution in [0.4, 0.5) is 0 Å². The molecular formula is C13H18O. The second-order valence-corrected chi connectivity index (χ2v) is 4.30. The quantitative estimate of drug-likeness (QED) is 0.712. The summed E-state index contributed by atoms with van der Waals surface area (Å²) in [6.45, 7) is 6.21. The highest BCUT2D eigenvalue weighted by molar-refractivity contribution is 5.81. The molecule has 0 spiro atoms. The molecule has 1 nitrogen and oxygen atoms in total. The van der Waals surface area contributed by atoms with Crippen molar-refractivity contribution in [3.63, 3.8) is 0 Å². The molecule has 0 radical (unpaired) electrons. The number of aryl methyl sites for hydroxylation is 1. The number of hydrogen-bond donors (Lipinski definition) is 0. The van der Waals surface area contributed by atoms with Gasteiger partial charge in [0.15, 0.2) is 0 Å². The molecule has 0 bridgehead atoms. The van der Waals surface area contributed by atoms with Gasteiger partial charge in [0.05, 0.1) is 0 Å². The summed E-state index contributed by atoms with van der Waals surface area (Å²) in [5.74, 6) is 0.804. The molecule has 0 saturated carbocycles. The third-order valence-electron chi connectivity index (χ3n) is 2.12. The standard InChI is InChI=1S/C13H18O/c1-10(2)7-13(14)9-12-6-4-5-11(3)8-12/h4-6,8,10H,7,9H2,1-3H3. The summed E-state index contributed by atoms with van der Waals surface area (Å²) in [5.41, 5.74) is 2.36. The van der Waals surface area contributed by atoms with Crippen molar-refractivity contribution < 1.29 is 4.79 Å². The summed E-state index contributed by atoms with van der Waals surface area (Å²) in [5, 5.41) is 0. The number of carbonyl (C=O) groups excluding carboxylic acids is 1. The van der Waals surface area contributed by atoms with Crippen LogP contribution < -0.4 is 0 Å². The molecule has 0 aliphatic heterocycles. The van der Waals surface area contributed by atoms with E-state index >= 15 is 0 Å². The Hall–Kier alpha value is -1.11. The first kappa shape index (κ1) is 11.0. The Morgan fingerprint density at radius 2 is 2.07 bits per heavy atom. The van der Waals surface area contributed by atoms with Crippen molar-refractivity contribution in [3.05, 3.63) is 35.4 Å². The van der Waals surface area contributed by atoms with Gasteiger partial charge in [0, 0.05) is 12.8 Å². The van der Waals surface area contributed by atoms with Crippen LogP contribution in [0.15, 0.2) is 24.3 Å². The van der Waals surface area contributed by atoms with E-state index in [0.29, 0.717) is 24.5 Å². The zero-order chi connectivity index (χ0) is 10.6. The van der Waals surface area contributed by atoms with Gasteiger partial charge in [0.2, 0.25) is 0 Å². The predicted molar refractivity (Wildman–Crippen MR) is 59.3 cm³/mol. The Morgan fingerprint density at radius 1 is 1.36 bits per heavy atom. The van der Waals surface area contributed by atoms with Crippen molar-refractivity contribution in [3.8, 4) is 0 Å². The third-order valence-corrected chi connectivity index (χ3v) is 2.12. The zero-order valence-electron chi connectivity index (χ0n) is 9.21. The average molecular weight is 190 g/mol. The largest absolute Gasteiger partial charge is 0.299 e. The molecule has 0 unspecified atom stereocenters. The minimum Gasteiger partial charge on any atom is -0.299 e. The SMILES string of the molecule is Cc1cccc(CC(=O)CC(C)C)c1. The molecule has 0 saturated heterocycles. The van der Waals surface area contributed by atoms with Gasteiger partial charge < -0.3 is 0 Å². The molecule has 0 atom stereocenters. The Balaban J connectivity index is 2.56. The van der Waals surface area contributed by atoms with Gasteiger partial charge in [-0.3, -0.25) is 4.79 Å². The Labute approximate surface area is 86.1 Å². The zero-order valence-corrected chi connectivity index (χ0v) is 9.21. The van der Waals surface area contributed by atoms with E-state index in [1.807, 2.05) is 12.1 Å². The van der Waals surface area contributed by atoms with E-state index in [9.17, 15) is 4.79 Å². The normalized spacial score (nSPS) is 10.6. The smallest absolute Gasteiger partial charge is 0.137 e. The van der Waals surface area contributed by atoms with E-state index in [4.69, 9.17) is 0 Å². The highest BCUT2D eigenvalue weighted by atomic mass is 16.1. The molecule has 0 aliphatic rings. The van der Waals surface area contributed by atoms with Gasteiger partial charge in [-0.05, 0) is 18.4 Å². The Bertz CT molecular complexity index is 313. The molecule has 1 aromatic carbocycles. The van der Waals surface area contributed by atoms with Gasteiger partial charge in [0.25, 0.3) is 0 Å². The van der Waals surface area contributed by atoms with Crippen molar-refractivity contribution in [2.75, 3.05) is 0 Å². The molecule has 76 valence electrons. The van der Waals surface area contributed by atoms with Crippen molar-refractivity contribution in [1.29, 1.82) is 0 Å². The second-order valence-electron chi connectivity index (χ2n) is 4.30. The fourth-order valence-electron chi connectivity index (χ4n) is 1.58. The molecule has 1 aromatic rings. The summed E-state index contributed by atoms with van der Waals surface area (Å²) in [7, 11) is 0. The summed E-state index contributed by atoms with van der Waals surface area (Å²) in [6, 6.07) is 8.16. The molecule has 14 heavy (non-hydrogen) atoms. The van der Waals surface area contributed by atoms with Crippen LogP contribution in [0.3, 0.4) is 0 Å². The minimum absolute atomic E-state index is 0.339. The lowest BCUT2D eigenvalue weighted by Gasteiger charge is -2.04. The fraction of sp³-hybridized carbons (Fsp3) is 0.462. The summed E-state index contributed by atoms with van der Waals surface area (Å²) in [6.07, 6.45) is 1.27. The Morgan fingerprint density at radius 3 is 2.64 bits per heavy atom. The Kier molecular flexibility index (Phi) is 3.87. The predicted octanol–water partition coefficient (Wildman–Crippen LogP) is 3.15. The summed E-state index contributed by atoms with van der Waals surface area (Å²) < 4.78 is 0. The lowest BCUT2D eigenvalue weighted by molar-refractivity contribution is -0.119. The van der Waals surface area contributed by atoms with E-state index in [2.05, 4.69) is 32.9 Å². The molecule has 0 heterocycles. The third kappa shape index (κ3) is 3.73. The van der Waals surface area contributed by atoms with Gasteiger partial charge in [-0.25, -0.2) is 0 Å². The molecular weight excluding hydrogens is 172 g/mol. The number of benzene rings is 1. The van der Waals surface area contributed by atoms with Crippen LogP contribution in [0.25, 0.3) is 0 Å². The maximum atomic E-state index is 11.5. The first-order valence-corrected chi connectivity index (χ1v) is 5.15.